The molecule has 1 atom stereocenters. The van der Waals surface area contributed by atoms with E-state index in [1.165, 1.54) is 23.9 Å². The number of aliphatic carboxylic acids is 1. The van der Waals surface area contributed by atoms with Gasteiger partial charge in [-0.05, 0) is 26.8 Å². The van der Waals surface area contributed by atoms with Crippen LogP contribution < -0.4 is 5.32 Å². The summed E-state index contributed by atoms with van der Waals surface area (Å²) >= 11 is 0. The lowest BCUT2D eigenvalue weighted by Crippen LogP contribution is -2.24. The summed E-state index contributed by atoms with van der Waals surface area (Å²) in [6.07, 6.45) is 1.39. The highest BCUT2D eigenvalue weighted by Gasteiger charge is 2.21. The molecule has 2 heterocycles. The molecular formula is C13H17N5O3. The Bertz CT molecular complexity index is 673. The molecule has 21 heavy (non-hydrogen) atoms. The van der Waals surface area contributed by atoms with Crippen LogP contribution >= 0.6 is 0 Å². The molecule has 2 aromatic heterocycles. The van der Waals surface area contributed by atoms with E-state index in [-0.39, 0.29) is 5.69 Å². The van der Waals surface area contributed by atoms with Gasteiger partial charge in [0.15, 0.2) is 5.82 Å². The molecule has 8 heteroatoms. The van der Waals surface area contributed by atoms with Crippen molar-refractivity contribution in [3.8, 4) is 0 Å². The van der Waals surface area contributed by atoms with E-state index in [0.29, 0.717) is 12.4 Å². The van der Waals surface area contributed by atoms with E-state index >= 15 is 0 Å². The average Bonchev–Trinajstić information content (AvgIpc) is 3.04. The summed E-state index contributed by atoms with van der Waals surface area (Å²) in [7, 11) is 0. The van der Waals surface area contributed by atoms with Gasteiger partial charge in [0.2, 0.25) is 0 Å². The van der Waals surface area contributed by atoms with Gasteiger partial charge in [0, 0.05) is 24.5 Å². The van der Waals surface area contributed by atoms with Crippen molar-refractivity contribution in [2.45, 2.75) is 33.4 Å². The number of hydrogen-bond donors (Lipinski definition) is 2. The number of nitrogens with zero attached hydrogens (tertiary/aromatic N) is 4. The van der Waals surface area contributed by atoms with Gasteiger partial charge in [-0.2, -0.15) is 10.2 Å². The predicted molar refractivity (Wildman–Crippen MR) is 75.2 cm³/mol. The maximum atomic E-state index is 12.2. The third-order valence-electron chi connectivity index (χ3n) is 3.15. The third-order valence-corrected chi connectivity index (χ3v) is 3.15. The highest BCUT2D eigenvalue weighted by molar-refractivity contribution is 6.02. The summed E-state index contributed by atoms with van der Waals surface area (Å²) in [6.45, 7) is 6.01. The molecule has 0 fully saturated rings. The highest BCUT2D eigenvalue weighted by Crippen LogP contribution is 2.13. The van der Waals surface area contributed by atoms with Gasteiger partial charge in [-0.1, -0.05) is 0 Å². The molecule has 0 saturated carbocycles. The molecule has 0 bridgehead atoms. The van der Waals surface area contributed by atoms with E-state index in [1.807, 2.05) is 13.8 Å². The molecule has 0 saturated heterocycles. The van der Waals surface area contributed by atoms with Crippen molar-refractivity contribution in [1.29, 1.82) is 0 Å². The molecule has 0 spiro atoms. The highest BCUT2D eigenvalue weighted by atomic mass is 16.4. The second-order valence-electron chi connectivity index (χ2n) is 4.62. The summed E-state index contributed by atoms with van der Waals surface area (Å²) < 4.78 is 2.92. The Labute approximate surface area is 121 Å². The van der Waals surface area contributed by atoms with Gasteiger partial charge in [0.25, 0.3) is 5.91 Å². The smallest absolute Gasteiger partial charge is 0.328 e. The van der Waals surface area contributed by atoms with E-state index in [1.54, 1.807) is 10.7 Å². The Morgan fingerprint density at radius 1 is 1.48 bits per heavy atom. The number of carbonyl (C=O) groups is 2. The number of anilines is 1. The van der Waals surface area contributed by atoms with Gasteiger partial charge in [-0.3, -0.25) is 9.48 Å². The molecule has 2 N–H and O–H groups in total. The molecule has 0 aliphatic carbocycles. The first-order valence-electron chi connectivity index (χ1n) is 6.56. The van der Waals surface area contributed by atoms with Gasteiger partial charge < -0.3 is 10.4 Å². The van der Waals surface area contributed by atoms with Crippen molar-refractivity contribution in [2.24, 2.45) is 0 Å². The lowest BCUT2D eigenvalue weighted by Gasteiger charge is -2.10. The quantitative estimate of drug-likeness (QED) is 0.864. The van der Waals surface area contributed by atoms with Crippen LogP contribution in [0.5, 0.6) is 0 Å². The summed E-state index contributed by atoms with van der Waals surface area (Å²) in [4.78, 5) is 23.2. The number of nitrogens with one attached hydrogen (secondary N) is 1. The van der Waals surface area contributed by atoms with E-state index in [2.05, 4.69) is 15.5 Å². The topological polar surface area (TPSA) is 102 Å². The Morgan fingerprint density at radius 2 is 2.19 bits per heavy atom. The first kappa shape index (κ1) is 14.8. The lowest BCUT2D eigenvalue weighted by molar-refractivity contribution is -0.140. The SMILES string of the molecule is CCn1nc(NC(=O)c2ccnn2C(C)C(=O)O)cc1C. The number of carboxylic acids is 1. The van der Waals surface area contributed by atoms with E-state index in [0.717, 1.165) is 5.69 Å². The standard InChI is InChI=1S/C13H17N5O3/c1-4-17-8(2)7-11(16-17)15-12(19)10-5-6-14-18(10)9(3)13(20)21/h5-7,9H,4H2,1-3H3,(H,20,21)(H,15,16,19). The fourth-order valence-electron chi connectivity index (χ4n) is 1.98. The van der Waals surface area contributed by atoms with Gasteiger partial charge in [-0.25, -0.2) is 9.48 Å². The second-order valence-corrected chi connectivity index (χ2v) is 4.62. The second kappa shape index (κ2) is 5.78. The zero-order chi connectivity index (χ0) is 15.6. The largest absolute Gasteiger partial charge is 0.480 e. The summed E-state index contributed by atoms with van der Waals surface area (Å²) in [6, 6.07) is 2.30. The van der Waals surface area contributed by atoms with Crippen molar-refractivity contribution in [3.63, 3.8) is 0 Å². The molecule has 112 valence electrons. The van der Waals surface area contributed by atoms with E-state index < -0.39 is 17.9 Å². The summed E-state index contributed by atoms with van der Waals surface area (Å²) in [5, 5.41) is 19.8. The maximum Gasteiger partial charge on any atom is 0.328 e. The van der Waals surface area contributed by atoms with Gasteiger partial charge in [0.1, 0.15) is 11.7 Å². The van der Waals surface area contributed by atoms with Crippen LogP contribution in [0.15, 0.2) is 18.3 Å². The minimum atomic E-state index is -1.06. The zero-order valence-electron chi connectivity index (χ0n) is 12.1. The van der Waals surface area contributed by atoms with Crippen molar-refractivity contribution < 1.29 is 14.7 Å². The third kappa shape index (κ3) is 2.93. The molecule has 2 rings (SSSR count). The molecule has 1 amide bonds. The van der Waals surface area contributed by atoms with Crippen LogP contribution in [0.3, 0.4) is 0 Å². The number of rotatable bonds is 5. The predicted octanol–water partition coefficient (Wildman–Crippen LogP) is 1.31. The molecule has 0 aliphatic rings. The fraction of sp³-hybridized carbons (Fsp3) is 0.385. The van der Waals surface area contributed by atoms with Crippen molar-refractivity contribution in [2.75, 3.05) is 5.32 Å². The monoisotopic (exact) mass is 291 g/mol. The van der Waals surface area contributed by atoms with E-state index in [4.69, 9.17) is 5.11 Å². The molecule has 0 radical (unpaired) electrons. The summed E-state index contributed by atoms with van der Waals surface area (Å²) in [5.41, 5.74) is 1.11. The van der Waals surface area contributed by atoms with Crippen molar-refractivity contribution in [3.05, 3.63) is 29.7 Å². The van der Waals surface area contributed by atoms with Gasteiger partial charge >= 0.3 is 5.97 Å². The number of aryl methyl sites for hydroxylation is 2. The molecule has 1 unspecified atom stereocenters. The maximum absolute atomic E-state index is 12.2. The molecule has 8 nitrogen and oxygen atoms in total. The minimum Gasteiger partial charge on any atom is -0.480 e. The number of carboxylic acid groups (broad SMARTS) is 1. The number of amides is 1. The van der Waals surface area contributed by atoms with E-state index in [9.17, 15) is 9.59 Å². The Morgan fingerprint density at radius 3 is 2.76 bits per heavy atom. The van der Waals surface area contributed by atoms with Gasteiger partial charge in [-0.15, -0.1) is 0 Å². The normalized spacial score (nSPS) is 12.1. The molecule has 0 aliphatic heterocycles. The Hall–Kier alpha value is -2.64. The van der Waals surface area contributed by atoms with Crippen LogP contribution in [-0.2, 0) is 11.3 Å². The first-order chi connectivity index (χ1) is 9.93. The molecular weight excluding hydrogens is 274 g/mol. The fourth-order valence-corrected chi connectivity index (χ4v) is 1.98. The minimum absolute atomic E-state index is 0.175. The molecule has 0 aromatic carbocycles. The van der Waals surface area contributed by atoms with Crippen LogP contribution in [0.1, 0.15) is 36.1 Å². The molecule has 2 aromatic rings. The van der Waals surface area contributed by atoms with Crippen molar-refractivity contribution >= 4 is 17.7 Å². The Balaban J connectivity index is 2.21. The summed E-state index contributed by atoms with van der Waals surface area (Å²) in [5.74, 6) is -1.07. The number of carbonyl (C=O) groups excluding carboxylic acids is 1. The van der Waals surface area contributed by atoms with Crippen LogP contribution in [0.2, 0.25) is 0 Å². The zero-order valence-corrected chi connectivity index (χ0v) is 12.1. The Kier molecular flexibility index (Phi) is 4.06. The lowest BCUT2D eigenvalue weighted by atomic mass is 10.3. The van der Waals surface area contributed by atoms with Crippen LogP contribution in [0.4, 0.5) is 5.82 Å². The average molecular weight is 291 g/mol. The van der Waals surface area contributed by atoms with Gasteiger partial charge in [0.05, 0.1) is 0 Å². The van der Waals surface area contributed by atoms with Crippen molar-refractivity contribution in [1.82, 2.24) is 19.6 Å². The number of aromatic nitrogens is 4. The van der Waals surface area contributed by atoms with Crippen LogP contribution in [0.25, 0.3) is 0 Å². The first-order valence-corrected chi connectivity index (χ1v) is 6.56. The van der Waals surface area contributed by atoms with Crippen LogP contribution in [-0.4, -0.2) is 36.5 Å². The number of hydrogen-bond acceptors (Lipinski definition) is 4. The van der Waals surface area contributed by atoms with Crippen LogP contribution in [0, 0.1) is 6.92 Å².